The summed E-state index contributed by atoms with van der Waals surface area (Å²) in [5, 5.41) is 6.36. The topological polar surface area (TPSA) is 88.5 Å². The van der Waals surface area contributed by atoms with E-state index in [0.29, 0.717) is 5.56 Å². The average Bonchev–Trinajstić information content (AvgIpc) is 3.13. The summed E-state index contributed by atoms with van der Waals surface area (Å²) in [6.07, 6.45) is -1.13. The van der Waals surface area contributed by atoms with E-state index in [0.717, 1.165) is 0 Å². The van der Waals surface area contributed by atoms with Gasteiger partial charge in [-0.3, -0.25) is 9.48 Å². The van der Waals surface area contributed by atoms with Crippen LogP contribution in [0.4, 0.5) is 23.2 Å². The smallest absolute Gasteiger partial charge is 0.383 e. The Labute approximate surface area is 176 Å². The lowest BCUT2D eigenvalue weighted by Gasteiger charge is -2.30. The normalized spacial score (nSPS) is 15.4. The van der Waals surface area contributed by atoms with Crippen molar-refractivity contribution in [1.82, 2.24) is 20.0 Å². The number of amides is 1. The molecule has 3 N–H and O–H groups in total. The van der Waals surface area contributed by atoms with Crippen LogP contribution in [0.5, 0.6) is 0 Å². The van der Waals surface area contributed by atoms with Gasteiger partial charge in [0.1, 0.15) is 18.1 Å². The average molecular weight is 438 g/mol. The van der Waals surface area contributed by atoms with Crippen LogP contribution >= 0.6 is 0 Å². The summed E-state index contributed by atoms with van der Waals surface area (Å²) in [5.41, 5.74) is 7.29. The summed E-state index contributed by atoms with van der Waals surface area (Å²) < 4.78 is 54.6. The number of aliphatic imine (C=N–C) groups is 1. The minimum absolute atomic E-state index is 0.0191. The SMILES string of the molecule is CC(=O)N1CCC(NCC(F)(F)F)=C(C(N)=Nc2cccc(-c3cnn(C)c3)c2F)C1. The highest BCUT2D eigenvalue weighted by molar-refractivity contribution is 6.00. The van der Waals surface area contributed by atoms with E-state index < -0.39 is 18.5 Å². The van der Waals surface area contributed by atoms with Crippen molar-refractivity contribution in [2.45, 2.75) is 19.5 Å². The number of carbonyl (C=O) groups excluding carboxylic acids is 1. The molecular formula is C20H22F4N6O. The van der Waals surface area contributed by atoms with Gasteiger partial charge in [0.25, 0.3) is 0 Å². The Kier molecular flexibility index (Phi) is 6.32. The first-order valence-corrected chi connectivity index (χ1v) is 9.45. The van der Waals surface area contributed by atoms with Crippen molar-refractivity contribution in [3.8, 4) is 11.1 Å². The number of benzene rings is 1. The molecule has 3 rings (SSSR count). The van der Waals surface area contributed by atoms with Gasteiger partial charge in [0.2, 0.25) is 5.91 Å². The fourth-order valence-corrected chi connectivity index (χ4v) is 3.26. The number of aromatic nitrogens is 2. The first kappa shape index (κ1) is 22.3. The lowest BCUT2D eigenvalue weighted by Crippen LogP contribution is -2.42. The Bertz CT molecular complexity index is 1040. The van der Waals surface area contributed by atoms with Crippen molar-refractivity contribution in [1.29, 1.82) is 0 Å². The fraction of sp³-hybridized carbons (Fsp3) is 0.350. The van der Waals surface area contributed by atoms with Crippen LogP contribution in [-0.4, -0.2) is 52.2 Å². The molecule has 1 amide bonds. The number of hydrogen-bond donors (Lipinski definition) is 2. The number of halogens is 4. The number of hydrogen-bond acceptors (Lipinski definition) is 4. The molecule has 11 heteroatoms. The zero-order valence-corrected chi connectivity index (χ0v) is 17.0. The van der Waals surface area contributed by atoms with Crippen LogP contribution in [-0.2, 0) is 11.8 Å². The van der Waals surface area contributed by atoms with Crippen molar-refractivity contribution in [2.24, 2.45) is 17.8 Å². The third-order valence-corrected chi connectivity index (χ3v) is 4.84. The summed E-state index contributed by atoms with van der Waals surface area (Å²) in [6, 6.07) is 4.57. The fourth-order valence-electron chi connectivity index (χ4n) is 3.26. The number of alkyl halides is 3. The second-order valence-electron chi connectivity index (χ2n) is 7.15. The van der Waals surface area contributed by atoms with Crippen molar-refractivity contribution in [3.05, 3.63) is 47.7 Å². The summed E-state index contributed by atoms with van der Waals surface area (Å²) in [5.74, 6) is -1.04. The molecule has 7 nitrogen and oxygen atoms in total. The molecule has 1 aromatic heterocycles. The molecular weight excluding hydrogens is 416 g/mol. The van der Waals surface area contributed by atoms with E-state index in [1.807, 2.05) is 0 Å². The number of aryl methyl sites for hydroxylation is 1. The summed E-state index contributed by atoms with van der Waals surface area (Å²) in [6.45, 7) is 0.339. The molecule has 0 saturated heterocycles. The van der Waals surface area contributed by atoms with Crippen LogP contribution in [0.15, 0.2) is 46.9 Å². The molecule has 0 aliphatic carbocycles. The monoisotopic (exact) mass is 438 g/mol. The van der Waals surface area contributed by atoms with Crippen LogP contribution in [0.1, 0.15) is 13.3 Å². The highest BCUT2D eigenvalue weighted by Crippen LogP contribution is 2.30. The van der Waals surface area contributed by atoms with E-state index in [4.69, 9.17) is 5.73 Å². The van der Waals surface area contributed by atoms with Crippen molar-refractivity contribution in [3.63, 3.8) is 0 Å². The first-order chi connectivity index (χ1) is 14.5. The maximum absolute atomic E-state index is 15.1. The van der Waals surface area contributed by atoms with Crippen LogP contribution in [0, 0.1) is 5.82 Å². The predicted octanol–water partition coefficient (Wildman–Crippen LogP) is 2.87. The predicted molar refractivity (Wildman–Crippen MR) is 108 cm³/mol. The molecule has 1 aliphatic rings. The number of nitrogens with zero attached hydrogens (tertiary/aromatic N) is 4. The number of nitrogens with one attached hydrogen (secondary N) is 1. The van der Waals surface area contributed by atoms with E-state index in [1.165, 1.54) is 28.8 Å². The van der Waals surface area contributed by atoms with Crippen LogP contribution in [0.2, 0.25) is 0 Å². The molecule has 0 saturated carbocycles. The van der Waals surface area contributed by atoms with Gasteiger partial charge < -0.3 is 16.0 Å². The Morgan fingerprint density at radius 1 is 1.35 bits per heavy atom. The molecule has 166 valence electrons. The van der Waals surface area contributed by atoms with E-state index in [-0.39, 0.29) is 53.8 Å². The molecule has 2 heterocycles. The second-order valence-corrected chi connectivity index (χ2v) is 7.15. The second kappa shape index (κ2) is 8.78. The lowest BCUT2D eigenvalue weighted by molar-refractivity contribution is -0.129. The summed E-state index contributed by atoms with van der Waals surface area (Å²) in [7, 11) is 1.70. The molecule has 0 atom stereocenters. The van der Waals surface area contributed by atoms with Crippen LogP contribution < -0.4 is 11.1 Å². The Morgan fingerprint density at radius 2 is 2.10 bits per heavy atom. The molecule has 1 aliphatic heterocycles. The van der Waals surface area contributed by atoms with Gasteiger partial charge in [0.05, 0.1) is 12.7 Å². The highest BCUT2D eigenvalue weighted by atomic mass is 19.4. The maximum atomic E-state index is 15.1. The van der Waals surface area contributed by atoms with Crippen molar-refractivity contribution < 1.29 is 22.4 Å². The molecule has 0 radical (unpaired) electrons. The number of carbonyl (C=O) groups is 1. The van der Waals surface area contributed by atoms with Gasteiger partial charge in [0, 0.05) is 55.5 Å². The zero-order valence-electron chi connectivity index (χ0n) is 17.0. The highest BCUT2D eigenvalue weighted by Gasteiger charge is 2.30. The molecule has 2 aromatic rings. The molecule has 31 heavy (non-hydrogen) atoms. The number of amidine groups is 1. The Balaban J connectivity index is 1.98. The van der Waals surface area contributed by atoms with Gasteiger partial charge in [-0.25, -0.2) is 9.38 Å². The Hall–Kier alpha value is -3.37. The summed E-state index contributed by atoms with van der Waals surface area (Å²) >= 11 is 0. The zero-order chi connectivity index (χ0) is 22.8. The molecule has 0 fully saturated rings. The van der Waals surface area contributed by atoms with E-state index >= 15 is 4.39 Å². The van der Waals surface area contributed by atoms with Gasteiger partial charge in [-0.05, 0) is 6.07 Å². The van der Waals surface area contributed by atoms with Crippen molar-refractivity contribution in [2.75, 3.05) is 19.6 Å². The summed E-state index contributed by atoms with van der Waals surface area (Å²) in [4.78, 5) is 17.3. The quantitative estimate of drug-likeness (QED) is 0.427. The van der Waals surface area contributed by atoms with Gasteiger partial charge in [-0.15, -0.1) is 0 Å². The van der Waals surface area contributed by atoms with Crippen molar-refractivity contribution >= 4 is 17.4 Å². The van der Waals surface area contributed by atoms with Crippen LogP contribution in [0.3, 0.4) is 0 Å². The largest absolute Gasteiger partial charge is 0.405 e. The molecule has 0 spiro atoms. The van der Waals surface area contributed by atoms with Gasteiger partial charge in [-0.2, -0.15) is 18.3 Å². The molecule has 0 unspecified atom stereocenters. The van der Waals surface area contributed by atoms with Crippen LogP contribution in [0.25, 0.3) is 11.1 Å². The third kappa shape index (κ3) is 5.41. The van der Waals surface area contributed by atoms with Gasteiger partial charge in [0.15, 0.2) is 5.82 Å². The Morgan fingerprint density at radius 3 is 2.71 bits per heavy atom. The first-order valence-electron chi connectivity index (χ1n) is 9.45. The minimum atomic E-state index is -4.42. The third-order valence-electron chi connectivity index (χ3n) is 4.84. The molecule has 0 bridgehead atoms. The van der Waals surface area contributed by atoms with E-state index in [1.54, 1.807) is 25.4 Å². The minimum Gasteiger partial charge on any atom is -0.383 e. The maximum Gasteiger partial charge on any atom is 0.405 e. The van der Waals surface area contributed by atoms with Gasteiger partial charge in [-0.1, -0.05) is 12.1 Å². The van der Waals surface area contributed by atoms with E-state index in [9.17, 15) is 18.0 Å². The number of nitrogens with two attached hydrogens (primary N) is 1. The lowest BCUT2D eigenvalue weighted by atomic mass is 10.0. The number of rotatable bonds is 5. The van der Waals surface area contributed by atoms with Gasteiger partial charge >= 0.3 is 6.18 Å². The standard InChI is InChI=1S/C20H22F4N6O/c1-12(31)30-7-6-16(26-11-20(22,23)24)15(10-30)19(25)28-17-5-3-4-14(18(17)21)13-8-27-29(2)9-13/h3-5,8-9,26H,6-7,10-11H2,1-2H3,(H2,25,28). The van der Waals surface area contributed by atoms with E-state index in [2.05, 4.69) is 15.4 Å². The molecule has 1 aromatic carbocycles.